The molecule has 1 aliphatic rings. The Morgan fingerprint density at radius 2 is 1.67 bits per heavy atom. The number of benzene rings is 1. The van der Waals surface area contributed by atoms with Crippen molar-refractivity contribution >= 4 is 21.6 Å². The maximum absolute atomic E-state index is 12.9. The second-order valence-corrected chi connectivity index (χ2v) is 11.1. The zero-order valence-electron chi connectivity index (χ0n) is 18.5. The summed E-state index contributed by atoms with van der Waals surface area (Å²) in [5.74, 6) is 1.07. The number of nitrogens with zero attached hydrogens (tertiary/aromatic N) is 3. The molecule has 1 saturated heterocycles. The first-order valence-electron chi connectivity index (χ1n) is 10.2. The average molecular weight is 430 g/mol. The van der Waals surface area contributed by atoms with E-state index in [1.807, 2.05) is 44.0 Å². The maximum atomic E-state index is 12.9. The number of anilines is 1. The second kappa shape index (κ2) is 8.38. The van der Waals surface area contributed by atoms with Crippen LogP contribution in [0.2, 0.25) is 0 Å². The molecule has 162 valence electrons. The molecule has 3 rings (SSSR count). The first-order valence-corrected chi connectivity index (χ1v) is 12.3. The van der Waals surface area contributed by atoms with Crippen LogP contribution >= 0.6 is 0 Å². The van der Waals surface area contributed by atoms with Gasteiger partial charge in [0.25, 0.3) is 5.91 Å². The highest BCUT2D eigenvalue weighted by Gasteiger charge is 2.27. The topological polar surface area (TPSA) is 70.6 Å². The van der Waals surface area contributed by atoms with Crippen molar-refractivity contribution in [1.29, 1.82) is 0 Å². The smallest absolute Gasteiger partial charge is 0.253 e. The molecule has 2 heterocycles. The van der Waals surface area contributed by atoms with Gasteiger partial charge in [-0.25, -0.2) is 13.4 Å². The summed E-state index contributed by atoms with van der Waals surface area (Å²) >= 11 is 0. The molecular weight excluding hydrogens is 398 g/mol. The fourth-order valence-corrected chi connectivity index (χ4v) is 5.62. The Labute approximate surface area is 179 Å². The number of aryl methyl sites for hydroxylation is 2. The van der Waals surface area contributed by atoms with Crippen molar-refractivity contribution in [2.75, 3.05) is 43.1 Å². The fourth-order valence-electron chi connectivity index (χ4n) is 4.15. The number of aromatic nitrogens is 1. The van der Waals surface area contributed by atoms with E-state index in [4.69, 9.17) is 0 Å². The molecule has 6 nitrogen and oxygen atoms in total. The molecule has 1 amide bonds. The van der Waals surface area contributed by atoms with E-state index >= 15 is 0 Å². The summed E-state index contributed by atoms with van der Waals surface area (Å²) in [6.07, 6.45) is 3.13. The van der Waals surface area contributed by atoms with E-state index < -0.39 is 15.3 Å². The SMILES string of the molecule is Cc1cnc(N2CCN(C(=O)c3ccc(C(C)(C)CS(C)(=O)=O)cc3)CC2)c(C)c1. The third-order valence-corrected chi connectivity index (χ3v) is 6.84. The van der Waals surface area contributed by atoms with E-state index in [0.29, 0.717) is 18.7 Å². The molecule has 1 aromatic heterocycles. The summed E-state index contributed by atoms with van der Waals surface area (Å²) in [5.41, 5.74) is 3.34. The quantitative estimate of drug-likeness (QED) is 0.731. The Morgan fingerprint density at radius 1 is 1.07 bits per heavy atom. The van der Waals surface area contributed by atoms with E-state index in [1.54, 1.807) is 12.1 Å². The lowest BCUT2D eigenvalue weighted by Gasteiger charge is -2.36. The van der Waals surface area contributed by atoms with Gasteiger partial charge >= 0.3 is 0 Å². The predicted molar refractivity (Wildman–Crippen MR) is 121 cm³/mol. The summed E-state index contributed by atoms with van der Waals surface area (Å²) in [4.78, 5) is 21.6. The number of carbonyl (C=O) groups is 1. The van der Waals surface area contributed by atoms with Gasteiger partial charge in [-0.15, -0.1) is 0 Å². The molecule has 0 atom stereocenters. The molecule has 1 aliphatic heterocycles. The molecule has 30 heavy (non-hydrogen) atoms. The molecule has 0 radical (unpaired) electrons. The minimum absolute atomic E-state index is 0.00991. The molecule has 0 saturated carbocycles. The zero-order chi connectivity index (χ0) is 22.1. The van der Waals surface area contributed by atoms with Crippen LogP contribution < -0.4 is 4.90 Å². The summed E-state index contributed by atoms with van der Waals surface area (Å²) in [7, 11) is -3.09. The lowest BCUT2D eigenvalue weighted by molar-refractivity contribution is 0.0746. The van der Waals surface area contributed by atoms with Crippen LogP contribution in [0.25, 0.3) is 0 Å². The summed E-state index contributed by atoms with van der Waals surface area (Å²) in [5, 5.41) is 0. The Kier molecular flexibility index (Phi) is 6.22. The maximum Gasteiger partial charge on any atom is 0.253 e. The second-order valence-electron chi connectivity index (χ2n) is 8.96. The van der Waals surface area contributed by atoms with Gasteiger partial charge in [0, 0.05) is 49.6 Å². The van der Waals surface area contributed by atoms with E-state index in [-0.39, 0.29) is 11.7 Å². The number of hydrogen-bond acceptors (Lipinski definition) is 5. The van der Waals surface area contributed by atoms with Crippen molar-refractivity contribution in [3.8, 4) is 0 Å². The van der Waals surface area contributed by atoms with Gasteiger partial charge < -0.3 is 9.80 Å². The number of carbonyl (C=O) groups excluding carboxylic acids is 1. The summed E-state index contributed by atoms with van der Waals surface area (Å²) in [6, 6.07) is 9.48. The van der Waals surface area contributed by atoms with Gasteiger partial charge in [-0.3, -0.25) is 4.79 Å². The van der Waals surface area contributed by atoms with Crippen LogP contribution in [0.3, 0.4) is 0 Å². The van der Waals surface area contributed by atoms with Crippen LogP contribution in [0.5, 0.6) is 0 Å². The number of rotatable bonds is 5. The number of piperazine rings is 1. The van der Waals surface area contributed by atoms with Gasteiger partial charge in [0.1, 0.15) is 15.7 Å². The Morgan fingerprint density at radius 3 is 2.20 bits per heavy atom. The minimum atomic E-state index is -3.09. The predicted octanol–water partition coefficient (Wildman–Crippen LogP) is 2.98. The standard InChI is InChI=1S/C23H31N3O3S/c1-17-14-18(2)21(24-15-17)25-10-12-26(13-11-25)22(27)19-6-8-20(9-7-19)23(3,4)16-30(5,28)29/h6-9,14-15H,10-13,16H2,1-5H3. The van der Waals surface area contributed by atoms with Crippen LogP contribution in [0, 0.1) is 13.8 Å². The zero-order valence-corrected chi connectivity index (χ0v) is 19.3. The third kappa shape index (κ3) is 5.19. The van der Waals surface area contributed by atoms with Crippen LogP contribution in [0.15, 0.2) is 36.5 Å². The number of amides is 1. The lowest BCUT2D eigenvalue weighted by atomic mass is 9.86. The largest absolute Gasteiger partial charge is 0.353 e. The number of hydrogen-bond donors (Lipinski definition) is 0. The van der Waals surface area contributed by atoms with E-state index in [2.05, 4.69) is 22.9 Å². The number of pyridine rings is 1. The molecular formula is C23H31N3O3S. The highest BCUT2D eigenvalue weighted by atomic mass is 32.2. The first kappa shape index (κ1) is 22.3. The van der Waals surface area contributed by atoms with Gasteiger partial charge in [0.2, 0.25) is 0 Å². The van der Waals surface area contributed by atoms with Crippen molar-refractivity contribution in [3.63, 3.8) is 0 Å². The van der Waals surface area contributed by atoms with Gasteiger partial charge in [-0.05, 0) is 42.7 Å². The Hall–Kier alpha value is -2.41. The van der Waals surface area contributed by atoms with Crippen molar-refractivity contribution in [2.24, 2.45) is 0 Å². The monoisotopic (exact) mass is 429 g/mol. The van der Waals surface area contributed by atoms with Gasteiger partial charge in [-0.1, -0.05) is 32.0 Å². The van der Waals surface area contributed by atoms with E-state index in [9.17, 15) is 13.2 Å². The van der Waals surface area contributed by atoms with Crippen LogP contribution in [-0.4, -0.2) is 62.4 Å². The van der Waals surface area contributed by atoms with Crippen LogP contribution in [0.4, 0.5) is 5.82 Å². The molecule has 1 fully saturated rings. The molecule has 0 aliphatic carbocycles. The first-order chi connectivity index (χ1) is 14.0. The highest BCUT2D eigenvalue weighted by molar-refractivity contribution is 7.90. The van der Waals surface area contributed by atoms with Crippen molar-refractivity contribution < 1.29 is 13.2 Å². The third-order valence-electron chi connectivity index (χ3n) is 5.59. The van der Waals surface area contributed by atoms with Crippen molar-refractivity contribution in [1.82, 2.24) is 9.88 Å². The van der Waals surface area contributed by atoms with Crippen LogP contribution in [-0.2, 0) is 15.3 Å². The lowest BCUT2D eigenvalue weighted by Crippen LogP contribution is -2.49. The molecule has 0 unspecified atom stereocenters. The Balaban J connectivity index is 1.65. The normalized spacial score (nSPS) is 15.4. The van der Waals surface area contributed by atoms with Crippen molar-refractivity contribution in [2.45, 2.75) is 33.1 Å². The average Bonchev–Trinajstić information content (AvgIpc) is 2.66. The number of sulfone groups is 1. The molecule has 7 heteroatoms. The van der Waals surface area contributed by atoms with Gasteiger partial charge in [0.05, 0.1) is 5.75 Å². The molecule has 0 spiro atoms. The summed E-state index contributed by atoms with van der Waals surface area (Å²) in [6.45, 7) is 10.7. The highest BCUT2D eigenvalue weighted by Crippen LogP contribution is 2.26. The van der Waals surface area contributed by atoms with Crippen molar-refractivity contribution in [3.05, 3.63) is 58.8 Å². The molecule has 1 aromatic carbocycles. The molecule has 0 bridgehead atoms. The molecule has 2 aromatic rings. The van der Waals surface area contributed by atoms with Gasteiger partial charge in [-0.2, -0.15) is 0 Å². The van der Waals surface area contributed by atoms with Crippen LogP contribution in [0.1, 0.15) is 40.9 Å². The minimum Gasteiger partial charge on any atom is -0.353 e. The fraction of sp³-hybridized carbons (Fsp3) is 0.478. The molecule has 0 N–H and O–H groups in total. The Bertz CT molecular complexity index is 1020. The van der Waals surface area contributed by atoms with Gasteiger partial charge in [0.15, 0.2) is 0 Å². The van der Waals surface area contributed by atoms with E-state index in [1.165, 1.54) is 6.26 Å². The van der Waals surface area contributed by atoms with E-state index in [0.717, 1.165) is 35.6 Å². The summed E-state index contributed by atoms with van der Waals surface area (Å²) < 4.78 is 23.4.